The van der Waals surface area contributed by atoms with Gasteiger partial charge in [-0.1, -0.05) is 24.3 Å². The van der Waals surface area contributed by atoms with Crippen molar-refractivity contribution in [3.05, 3.63) is 35.4 Å². The van der Waals surface area contributed by atoms with Crippen LogP contribution in [0.5, 0.6) is 0 Å². The van der Waals surface area contributed by atoms with Crippen molar-refractivity contribution in [2.75, 3.05) is 13.7 Å². The van der Waals surface area contributed by atoms with Crippen LogP contribution >= 0.6 is 0 Å². The molecule has 1 aliphatic rings. The molecular formula is C15H19F3N4O3. The van der Waals surface area contributed by atoms with Crippen LogP contribution in [0.1, 0.15) is 18.1 Å². The molecular weight excluding hydrogens is 341 g/mol. The highest BCUT2D eigenvalue weighted by atomic mass is 19.4. The highest BCUT2D eigenvalue weighted by molar-refractivity contribution is 5.86. The van der Waals surface area contributed by atoms with E-state index in [-0.39, 0.29) is 24.6 Å². The van der Waals surface area contributed by atoms with Gasteiger partial charge in [0.15, 0.2) is 0 Å². The van der Waals surface area contributed by atoms with Gasteiger partial charge in [0.2, 0.25) is 17.5 Å². The second-order valence-corrected chi connectivity index (χ2v) is 5.62. The standard InChI is InChI=1S/C15H19F3N4O3/c1-9(23)20-12(8-25-2)13(24)19-7-10-3-5-11(6-4-10)14(21-22-14)15(16,17)18/h3-6,12,21-22H,7-8H2,1-2H3,(H,19,24)(H,20,23)/t12-/m1/s1. The van der Waals surface area contributed by atoms with Crippen LogP contribution in [0, 0.1) is 0 Å². The van der Waals surface area contributed by atoms with E-state index in [0.717, 1.165) is 0 Å². The molecule has 0 unspecified atom stereocenters. The predicted octanol–water partition coefficient (Wildman–Crippen LogP) is 0.277. The molecule has 0 bridgehead atoms. The fraction of sp³-hybridized carbons (Fsp3) is 0.467. The van der Waals surface area contributed by atoms with Crippen LogP contribution in [-0.2, 0) is 26.5 Å². The smallest absolute Gasteiger partial charge is 0.382 e. The zero-order valence-corrected chi connectivity index (χ0v) is 13.7. The number of carbonyl (C=O) groups is 2. The number of amides is 2. The third-order valence-electron chi connectivity index (χ3n) is 3.68. The summed E-state index contributed by atoms with van der Waals surface area (Å²) in [6.07, 6.45) is -4.46. The van der Waals surface area contributed by atoms with Crippen LogP contribution in [0.3, 0.4) is 0 Å². The van der Waals surface area contributed by atoms with Gasteiger partial charge in [0.25, 0.3) is 0 Å². The van der Waals surface area contributed by atoms with Crippen molar-refractivity contribution in [2.45, 2.75) is 31.3 Å². The summed E-state index contributed by atoms with van der Waals surface area (Å²) < 4.78 is 43.8. The molecule has 1 fully saturated rings. The van der Waals surface area contributed by atoms with E-state index in [1.807, 2.05) is 0 Å². The minimum atomic E-state index is -4.46. The average molecular weight is 360 g/mol. The summed E-state index contributed by atoms with van der Waals surface area (Å²) in [5.41, 5.74) is 2.69. The fourth-order valence-electron chi connectivity index (χ4n) is 2.29. The lowest BCUT2D eigenvalue weighted by Gasteiger charge is -2.18. The second kappa shape index (κ2) is 7.38. The fourth-order valence-corrected chi connectivity index (χ4v) is 2.29. The van der Waals surface area contributed by atoms with Crippen molar-refractivity contribution < 1.29 is 27.5 Å². The Kier molecular flexibility index (Phi) is 5.65. The lowest BCUT2D eigenvalue weighted by atomic mass is 10.0. The third-order valence-corrected chi connectivity index (χ3v) is 3.68. The first kappa shape index (κ1) is 19.2. The summed E-state index contributed by atoms with van der Waals surface area (Å²) in [5, 5.41) is 5.06. The van der Waals surface area contributed by atoms with Gasteiger partial charge in [0.05, 0.1) is 6.61 Å². The molecule has 10 heteroatoms. The van der Waals surface area contributed by atoms with E-state index in [2.05, 4.69) is 21.5 Å². The molecule has 1 aliphatic heterocycles. The van der Waals surface area contributed by atoms with Crippen LogP contribution in [0.4, 0.5) is 13.2 Å². The summed E-state index contributed by atoms with van der Waals surface area (Å²) in [6, 6.07) is 4.82. The molecule has 1 aromatic carbocycles. The van der Waals surface area contributed by atoms with E-state index >= 15 is 0 Å². The molecule has 0 spiro atoms. The first-order chi connectivity index (χ1) is 11.7. The number of alkyl halides is 3. The van der Waals surface area contributed by atoms with Crippen LogP contribution < -0.4 is 21.5 Å². The summed E-state index contributed by atoms with van der Waals surface area (Å²) in [7, 11) is 1.40. The molecule has 0 radical (unpaired) electrons. The SMILES string of the molecule is COC[C@@H](NC(C)=O)C(=O)NCc1ccc(C2(C(F)(F)F)NN2)cc1. The van der Waals surface area contributed by atoms with E-state index in [1.165, 1.54) is 38.3 Å². The van der Waals surface area contributed by atoms with Crippen molar-refractivity contribution in [1.29, 1.82) is 0 Å². The Morgan fingerprint density at radius 1 is 1.24 bits per heavy atom. The largest absolute Gasteiger partial charge is 0.426 e. The lowest BCUT2D eigenvalue weighted by molar-refractivity contribution is -0.165. The number of hydrazine groups is 1. The first-order valence-corrected chi connectivity index (χ1v) is 7.44. The second-order valence-electron chi connectivity index (χ2n) is 5.62. The monoisotopic (exact) mass is 360 g/mol. The number of carbonyl (C=O) groups excluding carboxylic acids is 2. The van der Waals surface area contributed by atoms with Crippen LogP contribution in [0.15, 0.2) is 24.3 Å². The molecule has 4 N–H and O–H groups in total. The molecule has 7 nitrogen and oxygen atoms in total. The van der Waals surface area contributed by atoms with Crippen LogP contribution in [-0.4, -0.2) is 37.7 Å². The van der Waals surface area contributed by atoms with Crippen molar-refractivity contribution in [3.8, 4) is 0 Å². The summed E-state index contributed by atoms with van der Waals surface area (Å²) in [6.45, 7) is 1.40. The minimum Gasteiger partial charge on any atom is -0.382 e. The molecule has 1 aromatic rings. The van der Waals surface area contributed by atoms with E-state index in [1.54, 1.807) is 0 Å². The summed E-state index contributed by atoms with van der Waals surface area (Å²) in [5.74, 6) is -0.818. The number of nitrogens with one attached hydrogen (secondary N) is 4. The molecule has 1 saturated heterocycles. The van der Waals surface area contributed by atoms with Gasteiger partial charge in [-0.05, 0) is 11.1 Å². The van der Waals surface area contributed by atoms with E-state index in [9.17, 15) is 22.8 Å². The molecule has 1 atom stereocenters. The number of benzene rings is 1. The Hall–Kier alpha value is -2.17. The van der Waals surface area contributed by atoms with E-state index in [4.69, 9.17) is 4.74 Å². The Morgan fingerprint density at radius 3 is 2.28 bits per heavy atom. The topological polar surface area (TPSA) is 111 Å². The van der Waals surface area contributed by atoms with Gasteiger partial charge in [-0.15, -0.1) is 0 Å². The summed E-state index contributed by atoms with van der Waals surface area (Å²) in [4.78, 5) is 23.1. The highest BCUT2D eigenvalue weighted by Crippen LogP contribution is 2.41. The Balaban J connectivity index is 1.95. The molecule has 2 amide bonds. The van der Waals surface area contributed by atoms with Crippen molar-refractivity contribution >= 4 is 11.8 Å². The maximum atomic E-state index is 13.0. The summed E-state index contributed by atoms with van der Waals surface area (Å²) >= 11 is 0. The molecule has 0 saturated carbocycles. The molecule has 0 aliphatic carbocycles. The maximum Gasteiger partial charge on any atom is 0.426 e. The molecule has 0 aromatic heterocycles. The first-order valence-electron chi connectivity index (χ1n) is 7.44. The Bertz CT molecular complexity index is 630. The minimum absolute atomic E-state index is 0.00971. The molecule has 25 heavy (non-hydrogen) atoms. The molecule has 2 rings (SSSR count). The molecule has 138 valence electrons. The van der Waals surface area contributed by atoms with Gasteiger partial charge in [-0.25, -0.2) is 10.9 Å². The van der Waals surface area contributed by atoms with Gasteiger partial charge in [-0.3, -0.25) is 9.59 Å². The van der Waals surface area contributed by atoms with Gasteiger partial charge < -0.3 is 15.4 Å². The number of hydrogen-bond acceptors (Lipinski definition) is 5. The van der Waals surface area contributed by atoms with Gasteiger partial charge >= 0.3 is 6.18 Å². The predicted molar refractivity (Wildman–Crippen MR) is 81.8 cm³/mol. The van der Waals surface area contributed by atoms with Crippen molar-refractivity contribution in [2.24, 2.45) is 0 Å². The van der Waals surface area contributed by atoms with Crippen LogP contribution in [0.2, 0.25) is 0 Å². The Morgan fingerprint density at radius 2 is 1.84 bits per heavy atom. The van der Waals surface area contributed by atoms with E-state index < -0.39 is 23.8 Å². The zero-order chi connectivity index (χ0) is 18.7. The normalized spacial score (nSPS) is 16.8. The third kappa shape index (κ3) is 4.47. The van der Waals surface area contributed by atoms with Crippen LogP contribution in [0.25, 0.3) is 0 Å². The number of rotatable bonds is 7. The lowest BCUT2D eigenvalue weighted by Crippen LogP contribution is -2.48. The van der Waals surface area contributed by atoms with Crippen molar-refractivity contribution in [3.63, 3.8) is 0 Å². The maximum absolute atomic E-state index is 13.0. The van der Waals surface area contributed by atoms with Crippen molar-refractivity contribution in [1.82, 2.24) is 21.5 Å². The number of halogens is 3. The highest BCUT2D eigenvalue weighted by Gasteiger charge is 2.65. The van der Waals surface area contributed by atoms with Gasteiger partial charge in [-0.2, -0.15) is 13.2 Å². The number of methoxy groups -OCH3 is 1. The van der Waals surface area contributed by atoms with Gasteiger partial charge in [0.1, 0.15) is 6.04 Å². The average Bonchev–Trinajstić information content (AvgIpc) is 3.34. The number of ether oxygens (including phenoxy) is 1. The van der Waals surface area contributed by atoms with Gasteiger partial charge in [0, 0.05) is 20.6 Å². The Labute approximate surface area is 142 Å². The number of hydrogen-bond donors (Lipinski definition) is 4. The quantitative estimate of drug-likeness (QED) is 0.522. The van der Waals surface area contributed by atoms with E-state index in [0.29, 0.717) is 5.56 Å². The zero-order valence-electron chi connectivity index (χ0n) is 13.7. The molecule has 1 heterocycles.